The fraction of sp³-hybridized carbons (Fsp3) is 1.00. The van der Waals surface area contributed by atoms with Crippen molar-refractivity contribution < 1.29 is 14.0 Å². The van der Waals surface area contributed by atoms with Gasteiger partial charge in [-0.2, -0.15) is 0 Å². The van der Waals surface area contributed by atoms with Gasteiger partial charge < -0.3 is 9.42 Å². The van der Waals surface area contributed by atoms with Crippen LogP contribution in [0, 0.1) is 0 Å². The highest BCUT2D eigenvalue weighted by Crippen LogP contribution is 2.42. The van der Waals surface area contributed by atoms with Gasteiger partial charge in [0.1, 0.15) is 0 Å². The molecule has 0 aromatic rings. The lowest BCUT2D eigenvalue weighted by atomic mass is 10.0. The maximum Gasteiger partial charge on any atom is 0.328 e. The number of unbranched alkanes of at least 4 members (excludes halogenated alkanes) is 16. The Morgan fingerprint density at radius 3 is 1.31 bits per heavy atom. The first-order chi connectivity index (χ1) is 12.6. The minimum atomic E-state index is -3.30. The van der Waals surface area contributed by atoms with Gasteiger partial charge in [0.25, 0.3) is 0 Å². The van der Waals surface area contributed by atoms with Crippen LogP contribution in [-0.2, 0) is 9.09 Å². The second kappa shape index (κ2) is 19.9. The molecule has 0 aromatic heterocycles. The Bertz CT molecular complexity index is 321. The van der Waals surface area contributed by atoms with E-state index in [4.69, 9.17) is 4.52 Å². The maximum absolute atomic E-state index is 11.7. The predicted molar refractivity (Wildman–Crippen MR) is 115 cm³/mol. The van der Waals surface area contributed by atoms with Crippen LogP contribution in [-0.4, -0.2) is 17.7 Å². The van der Waals surface area contributed by atoms with E-state index in [2.05, 4.69) is 6.92 Å². The summed E-state index contributed by atoms with van der Waals surface area (Å²) in [5.74, 6) is 0. The van der Waals surface area contributed by atoms with E-state index < -0.39 is 7.60 Å². The van der Waals surface area contributed by atoms with Gasteiger partial charge >= 0.3 is 7.60 Å². The van der Waals surface area contributed by atoms with Crippen LogP contribution in [0.4, 0.5) is 0 Å². The van der Waals surface area contributed by atoms with Crippen LogP contribution in [0.5, 0.6) is 0 Å². The monoisotopic (exact) mass is 390 g/mol. The van der Waals surface area contributed by atoms with E-state index in [1.165, 1.54) is 89.9 Å². The van der Waals surface area contributed by atoms with Crippen molar-refractivity contribution in [3.05, 3.63) is 0 Å². The lowest BCUT2D eigenvalue weighted by Gasteiger charge is -2.11. The van der Waals surface area contributed by atoms with Gasteiger partial charge in [0.2, 0.25) is 0 Å². The number of rotatable bonds is 21. The molecule has 158 valence electrons. The Kier molecular flexibility index (Phi) is 20.0. The van der Waals surface area contributed by atoms with E-state index in [1.807, 2.05) is 6.92 Å². The molecule has 0 fully saturated rings. The minimum Gasteiger partial charge on any atom is -0.324 e. The summed E-state index contributed by atoms with van der Waals surface area (Å²) in [5, 5.41) is 0. The normalized spacial score (nSPS) is 13.8. The molecule has 0 heterocycles. The van der Waals surface area contributed by atoms with E-state index in [1.54, 1.807) is 0 Å². The largest absolute Gasteiger partial charge is 0.328 e. The number of hydrogen-bond donors (Lipinski definition) is 1. The molecule has 26 heavy (non-hydrogen) atoms. The SMILES string of the molecule is CCCCCCCCCCCCCCCCCCOP(=O)(O)CCCC. The average molecular weight is 391 g/mol. The van der Waals surface area contributed by atoms with Gasteiger partial charge in [0.05, 0.1) is 6.61 Å². The van der Waals surface area contributed by atoms with Crippen LogP contribution >= 0.6 is 7.60 Å². The molecule has 1 N–H and O–H groups in total. The summed E-state index contributed by atoms with van der Waals surface area (Å²) in [6.45, 7) is 4.74. The van der Waals surface area contributed by atoms with Crippen LogP contribution in [0.3, 0.4) is 0 Å². The first-order valence-corrected chi connectivity index (χ1v) is 13.3. The Hall–Kier alpha value is 0.150. The minimum absolute atomic E-state index is 0.308. The highest BCUT2D eigenvalue weighted by molar-refractivity contribution is 7.52. The van der Waals surface area contributed by atoms with Crippen molar-refractivity contribution in [1.29, 1.82) is 0 Å². The first-order valence-electron chi connectivity index (χ1n) is 11.6. The third-order valence-electron chi connectivity index (χ3n) is 5.09. The lowest BCUT2D eigenvalue weighted by molar-refractivity contribution is 0.252. The molecular formula is C22H47O3P. The second-order valence-corrected chi connectivity index (χ2v) is 9.83. The van der Waals surface area contributed by atoms with Crippen LogP contribution < -0.4 is 0 Å². The van der Waals surface area contributed by atoms with Crippen LogP contribution in [0.1, 0.15) is 129 Å². The van der Waals surface area contributed by atoms with E-state index in [-0.39, 0.29) is 0 Å². The smallest absolute Gasteiger partial charge is 0.324 e. The summed E-state index contributed by atoms with van der Waals surface area (Å²) in [6, 6.07) is 0. The zero-order valence-corrected chi connectivity index (χ0v) is 18.7. The summed E-state index contributed by atoms with van der Waals surface area (Å²) in [5.41, 5.74) is 0. The van der Waals surface area contributed by atoms with E-state index in [0.29, 0.717) is 12.8 Å². The summed E-state index contributed by atoms with van der Waals surface area (Å²) >= 11 is 0. The quantitative estimate of drug-likeness (QED) is 0.158. The highest BCUT2D eigenvalue weighted by Gasteiger charge is 2.17. The third-order valence-corrected chi connectivity index (χ3v) is 6.55. The fourth-order valence-corrected chi connectivity index (χ4v) is 4.54. The summed E-state index contributed by atoms with van der Waals surface area (Å²) in [4.78, 5) is 9.60. The fourth-order valence-electron chi connectivity index (χ4n) is 3.28. The van der Waals surface area contributed by atoms with Gasteiger partial charge in [-0.3, -0.25) is 4.57 Å². The summed E-state index contributed by atoms with van der Waals surface area (Å²) in [7, 11) is -3.30. The van der Waals surface area contributed by atoms with Gasteiger partial charge in [0, 0.05) is 6.16 Å². The number of hydrogen-bond acceptors (Lipinski definition) is 2. The molecule has 0 saturated carbocycles. The van der Waals surface area contributed by atoms with Crippen molar-refractivity contribution >= 4 is 7.60 Å². The molecule has 0 aliphatic rings. The van der Waals surface area contributed by atoms with Crippen molar-refractivity contribution in [3.8, 4) is 0 Å². The topological polar surface area (TPSA) is 46.5 Å². The van der Waals surface area contributed by atoms with Gasteiger partial charge in [-0.15, -0.1) is 0 Å². The predicted octanol–water partition coefficient (Wildman–Crippen LogP) is 8.25. The standard InChI is InChI=1S/C22H47O3P/c1-3-5-7-8-9-10-11-12-13-14-15-16-17-18-19-20-21-25-26(23,24)22-6-4-2/h3-22H2,1-2H3,(H,23,24). The molecular weight excluding hydrogens is 343 g/mol. The molecule has 0 aliphatic carbocycles. The van der Waals surface area contributed by atoms with Crippen molar-refractivity contribution in [1.82, 2.24) is 0 Å². The van der Waals surface area contributed by atoms with Crippen molar-refractivity contribution in [3.63, 3.8) is 0 Å². The van der Waals surface area contributed by atoms with Gasteiger partial charge in [-0.05, 0) is 12.8 Å². The first kappa shape index (κ1) is 26.1. The Labute approximate surface area is 164 Å². The molecule has 0 spiro atoms. The molecule has 3 nitrogen and oxygen atoms in total. The van der Waals surface area contributed by atoms with E-state index >= 15 is 0 Å². The van der Waals surface area contributed by atoms with Gasteiger partial charge in [-0.1, -0.05) is 117 Å². The molecule has 0 aliphatic heterocycles. The van der Waals surface area contributed by atoms with Crippen LogP contribution in [0.2, 0.25) is 0 Å². The van der Waals surface area contributed by atoms with Crippen LogP contribution in [0.25, 0.3) is 0 Å². The average Bonchev–Trinajstić information content (AvgIpc) is 2.62. The van der Waals surface area contributed by atoms with Crippen molar-refractivity contribution in [2.45, 2.75) is 129 Å². The van der Waals surface area contributed by atoms with Gasteiger partial charge in [-0.25, -0.2) is 0 Å². The maximum atomic E-state index is 11.7. The Balaban J connectivity index is 3.14. The molecule has 4 heteroatoms. The summed E-state index contributed by atoms with van der Waals surface area (Å²) in [6.07, 6.45) is 23.4. The van der Waals surface area contributed by atoms with Crippen LogP contribution in [0.15, 0.2) is 0 Å². The summed E-state index contributed by atoms with van der Waals surface area (Å²) < 4.78 is 16.8. The zero-order chi connectivity index (χ0) is 19.3. The van der Waals surface area contributed by atoms with Crippen molar-refractivity contribution in [2.75, 3.05) is 12.8 Å². The Morgan fingerprint density at radius 2 is 0.923 bits per heavy atom. The lowest BCUT2D eigenvalue weighted by Crippen LogP contribution is -1.97. The van der Waals surface area contributed by atoms with E-state index in [0.717, 1.165) is 25.7 Å². The van der Waals surface area contributed by atoms with Gasteiger partial charge in [0.15, 0.2) is 0 Å². The molecule has 0 radical (unpaired) electrons. The third kappa shape index (κ3) is 20.5. The molecule has 0 amide bonds. The molecule has 0 aromatic carbocycles. The molecule has 0 bridgehead atoms. The second-order valence-electron chi connectivity index (χ2n) is 7.85. The Morgan fingerprint density at radius 1 is 0.577 bits per heavy atom. The van der Waals surface area contributed by atoms with E-state index in [9.17, 15) is 9.46 Å². The molecule has 1 unspecified atom stereocenters. The molecule has 0 saturated heterocycles. The molecule has 0 rings (SSSR count). The zero-order valence-electron chi connectivity index (χ0n) is 17.9. The molecule has 1 atom stereocenters. The van der Waals surface area contributed by atoms with Crippen molar-refractivity contribution in [2.24, 2.45) is 0 Å². The highest BCUT2D eigenvalue weighted by atomic mass is 31.2.